The van der Waals surface area contributed by atoms with E-state index in [2.05, 4.69) is 5.32 Å². The minimum atomic E-state index is -0.130. The Hall–Kier alpha value is -2.62. The fourth-order valence-corrected chi connectivity index (χ4v) is 2.84. The lowest BCUT2D eigenvalue weighted by molar-refractivity contribution is -0.117. The van der Waals surface area contributed by atoms with Crippen molar-refractivity contribution in [1.82, 2.24) is 5.32 Å². The highest BCUT2D eigenvalue weighted by molar-refractivity contribution is 5.99. The second-order valence-corrected chi connectivity index (χ2v) is 5.81. The largest absolute Gasteiger partial charge is 0.346 e. The number of hydrogen-bond donors (Lipinski definition) is 1. The van der Waals surface area contributed by atoms with Gasteiger partial charge >= 0.3 is 0 Å². The van der Waals surface area contributed by atoms with Crippen LogP contribution in [0.2, 0.25) is 0 Å². The minimum Gasteiger partial charge on any atom is -0.346 e. The van der Waals surface area contributed by atoms with Crippen LogP contribution in [0.25, 0.3) is 0 Å². The van der Waals surface area contributed by atoms with E-state index in [1.165, 1.54) is 0 Å². The molecule has 118 valence electrons. The van der Waals surface area contributed by atoms with Crippen molar-refractivity contribution in [3.8, 4) is 0 Å². The molecule has 1 saturated heterocycles. The van der Waals surface area contributed by atoms with Crippen LogP contribution in [-0.2, 0) is 4.79 Å². The zero-order valence-electron chi connectivity index (χ0n) is 13.2. The maximum absolute atomic E-state index is 12.5. The first-order valence-corrected chi connectivity index (χ1v) is 7.91. The second-order valence-electron chi connectivity index (χ2n) is 5.81. The lowest BCUT2D eigenvalue weighted by atomic mass is 10.1. The SMILES string of the molecule is C[C@H](NC(=O)c1cccc(N2CCCC2=O)c1)c1ccccc1. The number of nitrogens with zero attached hydrogens (tertiary/aromatic N) is 1. The van der Waals surface area contributed by atoms with Gasteiger partial charge in [0.1, 0.15) is 0 Å². The van der Waals surface area contributed by atoms with Crippen LogP contribution in [-0.4, -0.2) is 18.4 Å². The highest BCUT2D eigenvalue weighted by Gasteiger charge is 2.22. The van der Waals surface area contributed by atoms with Gasteiger partial charge in [-0.3, -0.25) is 9.59 Å². The maximum Gasteiger partial charge on any atom is 0.251 e. The Kier molecular flexibility index (Phi) is 4.42. The average molecular weight is 308 g/mol. The van der Waals surface area contributed by atoms with E-state index in [0.717, 1.165) is 24.2 Å². The molecular weight excluding hydrogens is 288 g/mol. The molecule has 1 atom stereocenters. The summed E-state index contributed by atoms with van der Waals surface area (Å²) in [7, 11) is 0. The molecule has 23 heavy (non-hydrogen) atoms. The smallest absolute Gasteiger partial charge is 0.251 e. The van der Waals surface area contributed by atoms with Gasteiger partial charge in [-0.2, -0.15) is 0 Å². The highest BCUT2D eigenvalue weighted by atomic mass is 16.2. The number of amides is 2. The first-order chi connectivity index (χ1) is 11.1. The number of benzene rings is 2. The molecule has 2 aromatic rings. The lowest BCUT2D eigenvalue weighted by Gasteiger charge is -2.18. The predicted octanol–water partition coefficient (Wildman–Crippen LogP) is 3.30. The van der Waals surface area contributed by atoms with Gasteiger partial charge in [-0.25, -0.2) is 0 Å². The average Bonchev–Trinajstić information content (AvgIpc) is 3.02. The lowest BCUT2D eigenvalue weighted by Crippen LogP contribution is -2.27. The van der Waals surface area contributed by atoms with Gasteiger partial charge in [0.05, 0.1) is 6.04 Å². The molecule has 0 bridgehead atoms. The Labute approximate surface area is 136 Å². The molecule has 1 fully saturated rings. The molecule has 1 N–H and O–H groups in total. The molecule has 0 aromatic heterocycles. The van der Waals surface area contributed by atoms with Crippen LogP contribution in [0.1, 0.15) is 41.7 Å². The van der Waals surface area contributed by atoms with Crippen molar-refractivity contribution in [1.29, 1.82) is 0 Å². The fourth-order valence-electron chi connectivity index (χ4n) is 2.84. The zero-order valence-corrected chi connectivity index (χ0v) is 13.2. The molecule has 4 nitrogen and oxygen atoms in total. The summed E-state index contributed by atoms with van der Waals surface area (Å²) >= 11 is 0. The summed E-state index contributed by atoms with van der Waals surface area (Å²) in [5, 5.41) is 3.00. The minimum absolute atomic E-state index is 0.0687. The molecule has 1 aliphatic heterocycles. The summed E-state index contributed by atoms with van der Waals surface area (Å²) < 4.78 is 0. The van der Waals surface area contributed by atoms with Crippen LogP contribution in [0.5, 0.6) is 0 Å². The fraction of sp³-hybridized carbons (Fsp3) is 0.263. The van der Waals surface area contributed by atoms with Crippen molar-refractivity contribution in [2.45, 2.75) is 25.8 Å². The Balaban J connectivity index is 1.74. The van der Waals surface area contributed by atoms with Crippen LogP contribution in [0.15, 0.2) is 54.6 Å². The summed E-state index contributed by atoms with van der Waals surface area (Å²) in [6, 6.07) is 17.0. The van der Waals surface area contributed by atoms with E-state index >= 15 is 0 Å². The van der Waals surface area contributed by atoms with Gasteiger partial charge in [-0.05, 0) is 37.1 Å². The van der Waals surface area contributed by atoms with Crippen molar-refractivity contribution in [2.75, 3.05) is 11.4 Å². The van der Waals surface area contributed by atoms with E-state index in [1.54, 1.807) is 17.0 Å². The number of carbonyl (C=O) groups excluding carboxylic acids is 2. The molecule has 0 unspecified atom stereocenters. The van der Waals surface area contributed by atoms with Crippen molar-refractivity contribution in [2.24, 2.45) is 0 Å². The first-order valence-electron chi connectivity index (χ1n) is 7.91. The topological polar surface area (TPSA) is 49.4 Å². The van der Waals surface area contributed by atoms with E-state index in [-0.39, 0.29) is 17.9 Å². The molecule has 1 aliphatic rings. The number of rotatable bonds is 4. The summed E-state index contributed by atoms with van der Waals surface area (Å²) in [5.41, 5.74) is 2.43. The Morgan fingerprint density at radius 2 is 1.91 bits per heavy atom. The second kappa shape index (κ2) is 6.65. The molecule has 1 heterocycles. The number of hydrogen-bond acceptors (Lipinski definition) is 2. The van der Waals surface area contributed by atoms with Crippen molar-refractivity contribution < 1.29 is 9.59 Å². The van der Waals surface area contributed by atoms with Crippen molar-refractivity contribution in [3.63, 3.8) is 0 Å². The summed E-state index contributed by atoms with van der Waals surface area (Å²) in [6.45, 7) is 2.69. The third-order valence-electron chi connectivity index (χ3n) is 4.14. The standard InChI is InChI=1S/C19H20N2O2/c1-14(15-7-3-2-4-8-15)20-19(23)16-9-5-10-17(13-16)21-12-6-11-18(21)22/h2-5,7-10,13-14H,6,11-12H2,1H3,(H,20,23)/t14-/m0/s1. The molecule has 0 aliphatic carbocycles. The van der Waals surface area contributed by atoms with E-state index in [4.69, 9.17) is 0 Å². The number of nitrogens with one attached hydrogen (secondary N) is 1. The molecule has 2 amide bonds. The van der Waals surface area contributed by atoms with Gasteiger partial charge < -0.3 is 10.2 Å². The summed E-state index contributed by atoms with van der Waals surface area (Å²) in [5.74, 6) is -0.00457. The molecular formula is C19H20N2O2. The van der Waals surface area contributed by atoms with Gasteiger partial charge in [0.25, 0.3) is 5.91 Å². The Morgan fingerprint density at radius 3 is 2.61 bits per heavy atom. The van der Waals surface area contributed by atoms with Crippen LogP contribution in [0.3, 0.4) is 0 Å². The zero-order chi connectivity index (χ0) is 16.2. The highest BCUT2D eigenvalue weighted by Crippen LogP contribution is 2.22. The molecule has 0 saturated carbocycles. The van der Waals surface area contributed by atoms with Gasteiger partial charge in [-0.15, -0.1) is 0 Å². The molecule has 2 aromatic carbocycles. The van der Waals surface area contributed by atoms with E-state index in [9.17, 15) is 9.59 Å². The van der Waals surface area contributed by atoms with Crippen LogP contribution in [0, 0.1) is 0 Å². The van der Waals surface area contributed by atoms with Gasteiger partial charge in [-0.1, -0.05) is 36.4 Å². The summed E-state index contributed by atoms with van der Waals surface area (Å²) in [4.78, 5) is 26.1. The molecule has 3 rings (SSSR count). The van der Waals surface area contributed by atoms with Gasteiger partial charge in [0.15, 0.2) is 0 Å². The number of carbonyl (C=O) groups is 2. The molecule has 0 radical (unpaired) electrons. The summed E-state index contributed by atoms with van der Waals surface area (Å²) in [6.07, 6.45) is 1.46. The van der Waals surface area contributed by atoms with E-state index in [1.807, 2.05) is 49.4 Å². The molecule has 4 heteroatoms. The maximum atomic E-state index is 12.5. The Morgan fingerprint density at radius 1 is 1.13 bits per heavy atom. The first kappa shape index (κ1) is 15.3. The third-order valence-corrected chi connectivity index (χ3v) is 4.14. The van der Waals surface area contributed by atoms with Gasteiger partial charge in [0, 0.05) is 24.2 Å². The van der Waals surface area contributed by atoms with Crippen LogP contribution >= 0.6 is 0 Å². The van der Waals surface area contributed by atoms with Crippen molar-refractivity contribution in [3.05, 3.63) is 65.7 Å². The van der Waals surface area contributed by atoms with Crippen LogP contribution < -0.4 is 10.2 Å². The van der Waals surface area contributed by atoms with E-state index < -0.39 is 0 Å². The third kappa shape index (κ3) is 3.42. The van der Waals surface area contributed by atoms with Crippen molar-refractivity contribution >= 4 is 17.5 Å². The normalized spacial score (nSPS) is 15.5. The number of anilines is 1. The molecule has 0 spiro atoms. The van der Waals surface area contributed by atoms with E-state index in [0.29, 0.717) is 12.0 Å². The predicted molar refractivity (Wildman–Crippen MR) is 90.4 cm³/mol. The van der Waals surface area contributed by atoms with Crippen LogP contribution in [0.4, 0.5) is 5.69 Å². The monoisotopic (exact) mass is 308 g/mol. The quantitative estimate of drug-likeness (QED) is 0.942. The Bertz CT molecular complexity index is 712. The van der Waals surface area contributed by atoms with Gasteiger partial charge in [0.2, 0.25) is 5.91 Å².